The fraction of sp³-hybridized carbons (Fsp3) is 0.400. The van der Waals surface area contributed by atoms with Gasteiger partial charge in [0, 0.05) is 26.2 Å². The van der Waals surface area contributed by atoms with Gasteiger partial charge < -0.3 is 10.2 Å². The Morgan fingerprint density at radius 3 is 2.37 bits per heavy atom. The number of benzene rings is 1. The van der Waals surface area contributed by atoms with E-state index in [0.717, 1.165) is 31.9 Å². The van der Waals surface area contributed by atoms with Crippen LogP contribution >= 0.6 is 0 Å². The smallest absolute Gasteiger partial charge is 0.0758 e. The molecule has 0 bridgehead atoms. The summed E-state index contributed by atoms with van der Waals surface area (Å²) in [4.78, 5) is 2.38. The number of piperazine rings is 1. The van der Waals surface area contributed by atoms with E-state index in [2.05, 4.69) is 53.6 Å². The van der Waals surface area contributed by atoms with Crippen molar-refractivity contribution in [2.45, 2.75) is 13.8 Å². The first kappa shape index (κ1) is 12.2. The highest BCUT2D eigenvalue weighted by molar-refractivity contribution is 5.47. The molecule has 0 unspecified atom stereocenters. The van der Waals surface area contributed by atoms with Gasteiger partial charge in [0.25, 0.3) is 0 Å². The van der Waals surface area contributed by atoms with Crippen molar-refractivity contribution in [2.24, 2.45) is 0 Å². The summed E-state index contributed by atoms with van der Waals surface area (Å²) in [6.07, 6.45) is 4.09. The lowest BCUT2D eigenvalue weighted by atomic mass is 10.1. The van der Waals surface area contributed by atoms with Crippen molar-refractivity contribution in [2.75, 3.05) is 31.1 Å². The minimum absolute atomic E-state index is 1.05. The second-order valence-electron chi connectivity index (χ2n) is 5.23. The average Bonchev–Trinajstić information content (AvgIpc) is 2.88. The van der Waals surface area contributed by atoms with Crippen LogP contribution in [0, 0.1) is 13.8 Å². The van der Waals surface area contributed by atoms with Crippen LogP contribution in [0.2, 0.25) is 0 Å². The maximum atomic E-state index is 4.50. The van der Waals surface area contributed by atoms with Crippen LogP contribution in [0.15, 0.2) is 30.6 Å². The molecule has 2 heterocycles. The maximum absolute atomic E-state index is 4.50. The Kier molecular flexibility index (Phi) is 3.25. The first-order valence-corrected chi connectivity index (χ1v) is 6.81. The standard InChI is InChI=1S/C15H20N4/c1-12-7-13(2)9-14(8-12)19-11-15(10-17-19)18-5-3-16-4-6-18/h7-11,16H,3-6H2,1-2H3. The molecular formula is C15H20N4. The van der Waals surface area contributed by atoms with E-state index in [9.17, 15) is 0 Å². The molecule has 1 aliphatic rings. The van der Waals surface area contributed by atoms with Crippen molar-refractivity contribution in [1.29, 1.82) is 0 Å². The molecule has 4 nitrogen and oxygen atoms in total. The monoisotopic (exact) mass is 256 g/mol. The third-order valence-corrected chi connectivity index (χ3v) is 3.52. The summed E-state index contributed by atoms with van der Waals surface area (Å²) in [6, 6.07) is 6.52. The van der Waals surface area contributed by atoms with Crippen LogP contribution in [0.5, 0.6) is 0 Å². The first-order valence-electron chi connectivity index (χ1n) is 6.81. The van der Waals surface area contributed by atoms with Gasteiger partial charge in [-0.25, -0.2) is 4.68 Å². The number of aryl methyl sites for hydroxylation is 2. The molecule has 3 rings (SSSR count). The molecule has 0 spiro atoms. The highest BCUT2D eigenvalue weighted by Gasteiger charge is 2.12. The third-order valence-electron chi connectivity index (χ3n) is 3.52. The Hall–Kier alpha value is -1.81. The van der Waals surface area contributed by atoms with Gasteiger partial charge in [-0.3, -0.25) is 0 Å². The van der Waals surface area contributed by atoms with Gasteiger partial charge in [0.05, 0.1) is 23.8 Å². The van der Waals surface area contributed by atoms with Crippen LogP contribution < -0.4 is 10.2 Å². The van der Waals surface area contributed by atoms with E-state index in [0.29, 0.717) is 0 Å². The molecule has 0 aliphatic carbocycles. The van der Waals surface area contributed by atoms with E-state index < -0.39 is 0 Å². The zero-order chi connectivity index (χ0) is 13.2. The van der Waals surface area contributed by atoms with Crippen molar-refractivity contribution in [3.05, 3.63) is 41.7 Å². The molecule has 1 saturated heterocycles. The number of anilines is 1. The number of nitrogens with one attached hydrogen (secondary N) is 1. The molecule has 0 saturated carbocycles. The molecule has 1 fully saturated rings. The number of aromatic nitrogens is 2. The molecule has 0 radical (unpaired) electrons. The van der Waals surface area contributed by atoms with Gasteiger partial charge in [-0.05, 0) is 37.1 Å². The molecule has 0 amide bonds. The Morgan fingerprint density at radius 2 is 1.68 bits per heavy atom. The molecule has 4 heteroatoms. The summed E-state index contributed by atoms with van der Waals surface area (Å²) in [6.45, 7) is 8.45. The zero-order valence-corrected chi connectivity index (χ0v) is 11.6. The van der Waals surface area contributed by atoms with Crippen molar-refractivity contribution in [3.63, 3.8) is 0 Å². The van der Waals surface area contributed by atoms with Crippen LogP contribution in [-0.2, 0) is 0 Å². The Labute approximate surface area is 114 Å². The van der Waals surface area contributed by atoms with E-state index in [-0.39, 0.29) is 0 Å². The normalized spacial score (nSPS) is 15.8. The Morgan fingerprint density at radius 1 is 1.00 bits per heavy atom. The second kappa shape index (κ2) is 5.05. The van der Waals surface area contributed by atoms with Crippen LogP contribution in [0.4, 0.5) is 5.69 Å². The molecule has 1 aromatic heterocycles. The van der Waals surface area contributed by atoms with Gasteiger partial charge in [-0.1, -0.05) is 6.07 Å². The quantitative estimate of drug-likeness (QED) is 0.891. The number of hydrogen-bond donors (Lipinski definition) is 1. The zero-order valence-electron chi connectivity index (χ0n) is 11.6. The predicted molar refractivity (Wildman–Crippen MR) is 78.1 cm³/mol. The van der Waals surface area contributed by atoms with Gasteiger partial charge in [-0.15, -0.1) is 0 Å². The minimum Gasteiger partial charge on any atom is -0.366 e. The summed E-state index contributed by atoms with van der Waals surface area (Å²) in [7, 11) is 0. The van der Waals surface area contributed by atoms with E-state index in [1.54, 1.807) is 0 Å². The molecule has 0 atom stereocenters. The fourth-order valence-corrected chi connectivity index (χ4v) is 2.62. The molecule has 19 heavy (non-hydrogen) atoms. The summed E-state index contributed by atoms with van der Waals surface area (Å²) in [5.41, 5.74) is 4.89. The number of hydrogen-bond acceptors (Lipinski definition) is 3. The fourth-order valence-electron chi connectivity index (χ4n) is 2.62. The molecule has 2 aromatic rings. The summed E-state index contributed by atoms with van der Waals surface area (Å²) in [5, 5.41) is 7.87. The van der Waals surface area contributed by atoms with Crippen LogP contribution in [0.3, 0.4) is 0 Å². The van der Waals surface area contributed by atoms with Crippen LogP contribution in [0.25, 0.3) is 5.69 Å². The molecule has 1 N–H and O–H groups in total. The third kappa shape index (κ3) is 2.63. The lowest BCUT2D eigenvalue weighted by molar-refractivity contribution is 0.589. The number of nitrogens with zero attached hydrogens (tertiary/aromatic N) is 3. The van der Waals surface area contributed by atoms with Crippen LogP contribution in [0.1, 0.15) is 11.1 Å². The van der Waals surface area contributed by atoms with Gasteiger partial charge >= 0.3 is 0 Å². The second-order valence-corrected chi connectivity index (χ2v) is 5.23. The van der Waals surface area contributed by atoms with Crippen molar-refractivity contribution < 1.29 is 0 Å². The number of rotatable bonds is 2. The van der Waals surface area contributed by atoms with E-state index >= 15 is 0 Å². The van der Waals surface area contributed by atoms with Gasteiger partial charge in [0.2, 0.25) is 0 Å². The summed E-state index contributed by atoms with van der Waals surface area (Å²) >= 11 is 0. The van der Waals surface area contributed by atoms with Crippen molar-refractivity contribution in [3.8, 4) is 5.69 Å². The topological polar surface area (TPSA) is 33.1 Å². The summed E-state index contributed by atoms with van der Waals surface area (Å²) in [5.74, 6) is 0. The SMILES string of the molecule is Cc1cc(C)cc(-n2cc(N3CCNCC3)cn2)c1. The lowest BCUT2D eigenvalue weighted by Crippen LogP contribution is -2.43. The van der Waals surface area contributed by atoms with E-state index in [1.165, 1.54) is 16.8 Å². The minimum atomic E-state index is 1.05. The Balaban J connectivity index is 1.87. The van der Waals surface area contributed by atoms with Crippen molar-refractivity contribution in [1.82, 2.24) is 15.1 Å². The highest BCUT2D eigenvalue weighted by Crippen LogP contribution is 2.18. The Bertz CT molecular complexity index is 547. The average molecular weight is 256 g/mol. The van der Waals surface area contributed by atoms with Gasteiger partial charge in [0.1, 0.15) is 0 Å². The van der Waals surface area contributed by atoms with Crippen LogP contribution in [-0.4, -0.2) is 36.0 Å². The highest BCUT2D eigenvalue weighted by atomic mass is 15.3. The predicted octanol–water partition coefficient (Wildman–Crippen LogP) is 1.90. The van der Waals surface area contributed by atoms with Gasteiger partial charge in [0.15, 0.2) is 0 Å². The largest absolute Gasteiger partial charge is 0.366 e. The molecule has 100 valence electrons. The molecular weight excluding hydrogens is 236 g/mol. The van der Waals surface area contributed by atoms with E-state index in [4.69, 9.17) is 0 Å². The van der Waals surface area contributed by atoms with E-state index in [1.807, 2.05) is 10.9 Å². The lowest BCUT2D eigenvalue weighted by Gasteiger charge is -2.27. The molecule has 1 aromatic carbocycles. The maximum Gasteiger partial charge on any atom is 0.0758 e. The van der Waals surface area contributed by atoms with Crippen molar-refractivity contribution >= 4 is 5.69 Å². The first-order chi connectivity index (χ1) is 9.22. The summed E-state index contributed by atoms with van der Waals surface area (Å²) < 4.78 is 1.97. The molecule has 1 aliphatic heterocycles. The van der Waals surface area contributed by atoms with Gasteiger partial charge in [-0.2, -0.15) is 5.10 Å².